The Bertz CT molecular complexity index is 515. The van der Waals surface area contributed by atoms with Gasteiger partial charge in [0.15, 0.2) is 9.84 Å². The van der Waals surface area contributed by atoms with Crippen molar-refractivity contribution in [1.82, 2.24) is 0 Å². The van der Waals surface area contributed by atoms with E-state index in [4.69, 9.17) is 5.73 Å². The number of sulfone groups is 1. The summed E-state index contributed by atoms with van der Waals surface area (Å²) in [6.07, 6.45) is 1.70. The first kappa shape index (κ1) is 14.0. The van der Waals surface area contributed by atoms with Gasteiger partial charge in [-0.15, -0.1) is 0 Å². The molecule has 5 heteroatoms. The molecule has 1 heterocycles. The van der Waals surface area contributed by atoms with Crippen molar-refractivity contribution in [3.63, 3.8) is 0 Å². The number of hydrogen-bond acceptors (Lipinski definition) is 3. The van der Waals surface area contributed by atoms with Gasteiger partial charge in [-0.05, 0) is 36.9 Å². The van der Waals surface area contributed by atoms with Crippen LogP contribution in [0.5, 0.6) is 0 Å². The summed E-state index contributed by atoms with van der Waals surface area (Å²) in [5, 5.41) is 0. The molecule has 1 fully saturated rings. The zero-order valence-corrected chi connectivity index (χ0v) is 12.6. The minimum absolute atomic E-state index is 0.121. The Morgan fingerprint density at radius 1 is 1.39 bits per heavy atom. The van der Waals surface area contributed by atoms with E-state index in [1.807, 2.05) is 24.3 Å². The van der Waals surface area contributed by atoms with E-state index in [0.717, 1.165) is 22.9 Å². The van der Waals surface area contributed by atoms with Gasteiger partial charge in [0.1, 0.15) is 0 Å². The second-order valence-corrected chi connectivity index (χ2v) is 7.96. The Hall–Kier alpha value is -0.390. The molecule has 100 valence electrons. The highest BCUT2D eigenvalue weighted by Gasteiger charge is 2.31. The summed E-state index contributed by atoms with van der Waals surface area (Å²) in [6.45, 7) is 0.489. The smallest absolute Gasteiger partial charge is 0.150 e. The second kappa shape index (κ2) is 5.72. The van der Waals surface area contributed by atoms with Crippen LogP contribution in [0.25, 0.3) is 0 Å². The van der Waals surface area contributed by atoms with Crippen LogP contribution in [0, 0.1) is 5.92 Å². The maximum absolute atomic E-state index is 11.7. The van der Waals surface area contributed by atoms with Crippen LogP contribution >= 0.6 is 15.9 Å². The van der Waals surface area contributed by atoms with Crippen LogP contribution < -0.4 is 5.73 Å². The third-order valence-corrected chi connectivity index (χ3v) is 6.19. The number of rotatable bonds is 3. The zero-order chi connectivity index (χ0) is 13.2. The van der Waals surface area contributed by atoms with Crippen LogP contribution in [0.3, 0.4) is 0 Å². The van der Waals surface area contributed by atoms with Crippen LogP contribution in [0.1, 0.15) is 24.3 Å². The van der Waals surface area contributed by atoms with Gasteiger partial charge in [0.2, 0.25) is 0 Å². The Morgan fingerprint density at radius 2 is 2.11 bits per heavy atom. The van der Waals surface area contributed by atoms with Crippen molar-refractivity contribution >= 4 is 25.8 Å². The van der Waals surface area contributed by atoms with Crippen LogP contribution in [0.15, 0.2) is 28.7 Å². The normalized spacial score (nSPS) is 24.7. The standard InChI is InChI=1S/C13H18BrNO2S/c14-13-6-2-1-5-11(13)12(8-15)10-4-3-7-18(16,17)9-10/h1-2,5-6,10,12H,3-4,7-9,15H2. The summed E-state index contributed by atoms with van der Waals surface area (Å²) < 4.78 is 24.5. The molecule has 0 amide bonds. The molecule has 1 aliphatic rings. The minimum atomic E-state index is -2.88. The lowest BCUT2D eigenvalue weighted by Gasteiger charge is -2.30. The first-order valence-corrected chi connectivity index (χ1v) is 8.80. The monoisotopic (exact) mass is 331 g/mol. The average molecular weight is 332 g/mol. The van der Waals surface area contributed by atoms with Crippen molar-refractivity contribution in [3.05, 3.63) is 34.3 Å². The van der Waals surface area contributed by atoms with Gasteiger partial charge >= 0.3 is 0 Å². The van der Waals surface area contributed by atoms with Gasteiger partial charge in [-0.3, -0.25) is 0 Å². The molecular weight excluding hydrogens is 314 g/mol. The van der Waals surface area contributed by atoms with Gasteiger partial charge in [-0.1, -0.05) is 34.1 Å². The molecule has 2 rings (SSSR count). The van der Waals surface area contributed by atoms with E-state index >= 15 is 0 Å². The number of benzene rings is 1. The van der Waals surface area contributed by atoms with Crippen LogP contribution in [0.2, 0.25) is 0 Å². The number of nitrogens with two attached hydrogens (primary N) is 1. The summed E-state index contributed by atoms with van der Waals surface area (Å²) >= 11 is 3.53. The van der Waals surface area contributed by atoms with Gasteiger partial charge in [-0.2, -0.15) is 0 Å². The van der Waals surface area contributed by atoms with E-state index in [1.165, 1.54) is 0 Å². The van der Waals surface area contributed by atoms with Crippen molar-refractivity contribution in [3.8, 4) is 0 Å². The first-order valence-electron chi connectivity index (χ1n) is 6.18. The number of hydrogen-bond donors (Lipinski definition) is 1. The largest absolute Gasteiger partial charge is 0.330 e. The van der Waals surface area contributed by atoms with Gasteiger partial charge < -0.3 is 5.73 Å². The summed E-state index contributed by atoms with van der Waals surface area (Å²) in [5.74, 6) is 0.871. The molecule has 0 radical (unpaired) electrons. The highest BCUT2D eigenvalue weighted by atomic mass is 79.9. The predicted octanol–water partition coefficient (Wildman–Crippen LogP) is 2.32. The fourth-order valence-electron chi connectivity index (χ4n) is 2.72. The van der Waals surface area contributed by atoms with E-state index in [2.05, 4.69) is 15.9 Å². The minimum Gasteiger partial charge on any atom is -0.330 e. The number of halogens is 1. The van der Waals surface area contributed by atoms with Gasteiger partial charge in [0, 0.05) is 10.4 Å². The molecule has 0 aromatic heterocycles. The zero-order valence-electron chi connectivity index (χ0n) is 10.2. The Balaban J connectivity index is 2.26. The Kier molecular flexibility index (Phi) is 4.45. The molecule has 1 aliphatic heterocycles. The lowest BCUT2D eigenvalue weighted by atomic mass is 9.84. The molecule has 0 aliphatic carbocycles. The molecule has 0 bridgehead atoms. The Labute approximate surface area is 117 Å². The van der Waals surface area contributed by atoms with Crippen molar-refractivity contribution in [1.29, 1.82) is 0 Å². The lowest BCUT2D eigenvalue weighted by molar-refractivity contribution is 0.412. The molecule has 2 N–H and O–H groups in total. The summed E-state index contributed by atoms with van der Waals surface area (Å²) in [6, 6.07) is 7.94. The Morgan fingerprint density at radius 3 is 2.72 bits per heavy atom. The highest BCUT2D eigenvalue weighted by Crippen LogP contribution is 2.35. The summed E-state index contributed by atoms with van der Waals surface area (Å²) in [7, 11) is -2.88. The maximum Gasteiger partial charge on any atom is 0.150 e. The van der Waals surface area contributed by atoms with Gasteiger partial charge in [-0.25, -0.2) is 8.42 Å². The van der Waals surface area contributed by atoms with Crippen LogP contribution in [-0.4, -0.2) is 26.5 Å². The van der Waals surface area contributed by atoms with Crippen LogP contribution in [-0.2, 0) is 9.84 Å². The molecule has 2 unspecified atom stereocenters. The van der Waals surface area contributed by atoms with Gasteiger partial charge in [0.05, 0.1) is 11.5 Å². The quantitative estimate of drug-likeness (QED) is 0.924. The van der Waals surface area contributed by atoms with E-state index in [1.54, 1.807) is 0 Å². The van der Waals surface area contributed by atoms with Crippen molar-refractivity contribution < 1.29 is 8.42 Å². The third-order valence-electron chi connectivity index (χ3n) is 3.63. The molecule has 0 saturated carbocycles. The molecule has 2 atom stereocenters. The molecule has 0 spiro atoms. The predicted molar refractivity (Wildman–Crippen MR) is 77.3 cm³/mol. The fraction of sp³-hybridized carbons (Fsp3) is 0.538. The molecular formula is C13H18BrNO2S. The summed E-state index contributed by atoms with van der Waals surface area (Å²) in [4.78, 5) is 0. The summed E-state index contributed by atoms with van der Waals surface area (Å²) in [5.41, 5.74) is 7.00. The second-order valence-electron chi connectivity index (χ2n) is 4.88. The van der Waals surface area contributed by atoms with Crippen LogP contribution in [0.4, 0.5) is 0 Å². The average Bonchev–Trinajstić information content (AvgIpc) is 2.31. The van der Waals surface area contributed by atoms with Crippen molar-refractivity contribution in [2.45, 2.75) is 18.8 Å². The van der Waals surface area contributed by atoms with E-state index < -0.39 is 9.84 Å². The van der Waals surface area contributed by atoms with E-state index in [9.17, 15) is 8.42 Å². The molecule has 1 aromatic rings. The lowest BCUT2D eigenvalue weighted by Crippen LogP contribution is -2.32. The van der Waals surface area contributed by atoms with Crippen molar-refractivity contribution in [2.75, 3.05) is 18.1 Å². The molecule has 1 aromatic carbocycles. The van der Waals surface area contributed by atoms with E-state index in [0.29, 0.717) is 12.3 Å². The molecule has 18 heavy (non-hydrogen) atoms. The topological polar surface area (TPSA) is 60.2 Å². The molecule has 3 nitrogen and oxygen atoms in total. The van der Waals surface area contributed by atoms with Gasteiger partial charge in [0.25, 0.3) is 0 Å². The SMILES string of the molecule is NCC(c1ccccc1Br)C1CCCS(=O)(=O)C1. The first-order chi connectivity index (χ1) is 8.53. The highest BCUT2D eigenvalue weighted by molar-refractivity contribution is 9.10. The third kappa shape index (κ3) is 3.13. The van der Waals surface area contributed by atoms with E-state index in [-0.39, 0.29) is 17.6 Å². The van der Waals surface area contributed by atoms with Crippen molar-refractivity contribution in [2.24, 2.45) is 11.7 Å². The maximum atomic E-state index is 11.7. The fourth-order valence-corrected chi connectivity index (χ4v) is 5.13. The molecule has 1 saturated heterocycles.